The average molecular weight is 290 g/mol. The van der Waals surface area contributed by atoms with Gasteiger partial charge in [-0.1, -0.05) is 43.7 Å². The quantitative estimate of drug-likeness (QED) is 0.845. The minimum absolute atomic E-state index is 0.0702. The zero-order chi connectivity index (χ0) is 15.1. The molecule has 116 valence electrons. The molecule has 1 aliphatic rings. The Morgan fingerprint density at radius 1 is 1.43 bits per heavy atom. The van der Waals surface area contributed by atoms with Gasteiger partial charge in [0.1, 0.15) is 0 Å². The summed E-state index contributed by atoms with van der Waals surface area (Å²) in [5.74, 6) is -0.0421. The van der Waals surface area contributed by atoms with E-state index in [2.05, 4.69) is 12.2 Å². The second kappa shape index (κ2) is 8.15. The molecule has 0 radical (unpaired) electrons. The molecule has 1 aromatic carbocycles. The van der Waals surface area contributed by atoms with Gasteiger partial charge in [0.15, 0.2) is 0 Å². The SMILES string of the molecule is CCCC(CN)NC(=O)C1CCCOC1c1ccccc1. The molecule has 0 spiro atoms. The number of carbonyl (C=O) groups excluding carboxylic acids is 1. The van der Waals surface area contributed by atoms with Crippen molar-refractivity contribution >= 4 is 5.91 Å². The van der Waals surface area contributed by atoms with Crippen LogP contribution in [-0.2, 0) is 9.53 Å². The highest BCUT2D eigenvalue weighted by atomic mass is 16.5. The van der Waals surface area contributed by atoms with Crippen LogP contribution in [0.4, 0.5) is 0 Å². The summed E-state index contributed by atoms with van der Waals surface area (Å²) in [6.07, 6.45) is 3.61. The van der Waals surface area contributed by atoms with Gasteiger partial charge in [-0.15, -0.1) is 0 Å². The molecule has 3 N–H and O–H groups in total. The van der Waals surface area contributed by atoms with E-state index in [0.717, 1.165) is 37.9 Å². The lowest BCUT2D eigenvalue weighted by Gasteiger charge is -2.32. The van der Waals surface area contributed by atoms with Gasteiger partial charge in [0.05, 0.1) is 12.0 Å². The van der Waals surface area contributed by atoms with E-state index >= 15 is 0 Å². The van der Waals surface area contributed by atoms with Crippen LogP contribution < -0.4 is 11.1 Å². The lowest BCUT2D eigenvalue weighted by molar-refractivity contribution is -0.135. The lowest BCUT2D eigenvalue weighted by Crippen LogP contribution is -2.45. The molecule has 0 aromatic heterocycles. The summed E-state index contributed by atoms with van der Waals surface area (Å²) >= 11 is 0. The largest absolute Gasteiger partial charge is 0.373 e. The summed E-state index contributed by atoms with van der Waals surface area (Å²) in [6, 6.07) is 10.1. The first-order valence-electron chi connectivity index (χ1n) is 7.93. The number of amides is 1. The molecule has 4 heteroatoms. The topological polar surface area (TPSA) is 64.3 Å². The second-order valence-electron chi connectivity index (χ2n) is 5.68. The van der Waals surface area contributed by atoms with Crippen molar-refractivity contribution in [3.8, 4) is 0 Å². The van der Waals surface area contributed by atoms with Crippen LogP contribution in [0.3, 0.4) is 0 Å². The fourth-order valence-corrected chi connectivity index (χ4v) is 2.93. The Balaban J connectivity index is 2.06. The van der Waals surface area contributed by atoms with Crippen LogP contribution in [0.5, 0.6) is 0 Å². The van der Waals surface area contributed by atoms with Gasteiger partial charge in [-0.3, -0.25) is 4.79 Å². The van der Waals surface area contributed by atoms with Gasteiger partial charge in [-0.25, -0.2) is 0 Å². The number of nitrogens with two attached hydrogens (primary N) is 1. The van der Waals surface area contributed by atoms with Crippen LogP contribution in [0.15, 0.2) is 30.3 Å². The van der Waals surface area contributed by atoms with Crippen LogP contribution in [0.2, 0.25) is 0 Å². The van der Waals surface area contributed by atoms with Gasteiger partial charge in [0, 0.05) is 19.2 Å². The number of rotatable bonds is 6. The maximum atomic E-state index is 12.6. The van der Waals surface area contributed by atoms with Gasteiger partial charge in [0.25, 0.3) is 0 Å². The van der Waals surface area contributed by atoms with Crippen molar-refractivity contribution in [3.05, 3.63) is 35.9 Å². The Hall–Kier alpha value is -1.39. The first kappa shape index (κ1) is 16.0. The normalized spacial score (nSPS) is 23.5. The molecule has 21 heavy (non-hydrogen) atoms. The van der Waals surface area contributed by atoms with Gasteiger partial charge in [0.2, 0.25) is 5.91 Å². The highest BCUT2D eigenvalue weighted by molar-refractivity contribution is 5.80. The van der Waals surface area contributed by atoms with Crippen molar-refractivity contribution in [1.29, 1.82) is 0 Å². The predicted octanol–water partition coefficient (Wildman–Crippen LogP) is 2.40. The lowest BCUT2D eigenvalue weighted by atomic mass is 9.88. The predicted molar refractivity (Wildman–Crippen MR) is 83.8 cm³/mol. The van der Waals surface area contributed by atoms with Crippen LogP contribution >= 0.6 is 0 Å². The second-order valence-corrected chi connectivity index (χ2v) is 5.68. The Labute approximate surface area is 127 Å². The Morgan fingerprint density at radius 2 is 2.19 bits per heavy atom. The maximum Gasteiger partial charge on any atom is 0.226 e. The molecular weight excluding hydrogens is 264 g/mol. The molecule has 1 heterocycles. The highest BCUT2D eigenvalue weighted by Crippen LogP contribution is 2.33. The molecule has 0 saturated carbocycles. The van der Waals surface area contributed by atoms with Crippen LogP contribution in [0.1, 0.15) is 44.3 Å². The zero-order valence-corrected chi connectivity index (χ0v) is 12.8. The Morgan fingerprint density at radius 3 is 2.86 bits per heavy atom. The smallest absolute Gasteiger partial charge is 0.226 e. The molecular formula is C17H26N2O2. The van der Waals surface area contributed by atoms with E-state index in [0.29, 0.717) is 6.54 Å². The molecule has 1 fully saturated rings. The molecule has 3 unspecified atom stereocenters. The van der Waals surface area contributed by atoms with Crippen molar-refractivity contribution in [2.45, 2.75) is 44.8 Å². The fraction of sp³-hybridized carbons (Fsp3) is 0.588. The number of hydrogen-bond acceptors (Lipinski definition) is 3. The third-order valence-electron chi connectivity index (χ3n) is 4.06. The summed E-state index contributed by atoms with van der Waals surface area (Å²) < 4.78 is 5.88. The molecule has 1 amide bonds. The molecule has 1 aliphatic heterocycles. The number of nitrogens with one attached hydrogen (secondary N) is 1. The third kappa shape index (κ3) is 4.29. The summed E-state index contributed by atoms with van der Waals surface area (Å²) in [6.45, 7) is 3.31. The van der Waals surface area contributed by atoms with Gasteiger partial charge in [-0.2, -0.15) is 0 Å². The van der Waals surface area contributed by atoms with Crippen LogP contribution in [-0.4, -0.2) is 25.1 Å². The first-order chi connectivity index (χ1) is 10.3. The number of benzene rings is 1. The molecule has 0 aliphatic carbocycles. The highest BCUT2D eigenvalue weighted by Gasteiger charge is 2.33. The molecule has 1 saturated heterocycles. The first-order valence-corrected chi connectivity index (χ1v) is 7.93. The van der Waals surface area contributed by atoms with Crippen LogP contribution in [0.25, 0.3) is 0 Å². The van der Waals surface area contributed by atoms with E-state index in [1.165, 1.54) is 0 Å². The zero-order valence-electron chi connectivity index (χ0n) is 12.8. The maximum absolute atomic E-state index is 12.6. The Bertz CT molecular complexity index is 436. The van der Waals surface area contributed by atoms with E-state index in [-0.39, 0.29) is 24.0 Å². The summed E-state index contributed by atoms with van der Waals surface area (Å²) in [5.41, 5.74) is 6.82. The van der Waals surface area contributed by atoms with Crippen molar-refractivity contribution in [1.82, 2.24) is 5.32 Å². The van der Waals surface area contributed by atoms with Crippen molar-refractivity contribution in [2.75, 3.05) is 13.2 Å². The summed E-state index contributed by atoms with van der Waals surface area (Å²) in [7, 11) is 0. The standard InChI is InChI=1S/C17H26N2O2/c1-2-7-14(12-18)19-17(20)15-10-6-11-21-16(15)13-8-4-3-5-9-13/h3-5,8-9,14-16H,2,6-7,10-12,18H2,1H3,(H,19,20). The average Bonchev–Trinajstić information content (AvgIpc) is 2.55. The fourth-order valence-electron chi connectivity index (χ4n) is 2.93. The van der Waals surface area contributed by atoms with Crippen molar-refractivity contribution in [2.24, 2.45) is 11.7 Å². The van der Waals surface area contributed by atoms with Gasteiger partial charge in [-0.05, 0) is 24.8 Å². The number of carbonyl (C=O) groups is 1. The van der Waals surface area contributed by atoms with E-state index in [4.69, 9.17) is 10.5 Å². The molecule has 1 aromatic rings. The third-order valence-corrected chi connectivity index (χ3v) is 4.06. The minimum Gasteiger partial charge on any atom is -0.373 e. The van der Waals surface area contributed by atoms with E-state index in [9.17, 15) is 4.79 Å². The van der Waals surface area contributed by atoms with Crippen molar-refractivity contribution < 1.29 is 9.53 Å². The molecule has 0 bridgehead atoms. The Kier molecular flexibility index (Phi) is 6.21. The van der Waals surface area contributed by atoms with E-state index in [1.807, 2.05) is 30.3 Å². The van der Waals surface area contributed by atoms with Gasteiger partial charge < -0.3 is 15.8 Å². The van der Waals surface area contributed by atoms with E-state index in [1.54, 1.807) is 0 Å². The van der Waals surface area contributed by atoms with E-state index < -0.39 is 0 Å². The van der Waals surface area contributed by atoms with Crippen molar-refractivity contribution in [3.63, 3.8) is 0 Å². The summed E-state index contributed by atoms with van der Waals surface area (Å²) in [4.78, 5) is 12.6. The molecule has 3 atom stereocenters. The molecule has 4 nitrogen and oxygen atoms in total. The molecule has 2 rings (SSSR count). The minimum atomic E-state index is -0.139. The summed E-state index contributed by atoms with van der Waals surface area (Å²) in [5, 5.41) is 3.09. The number of hydrogen-bond donors (Lipinski definition) is 2. The van der Waals surface area contributed by atoms with Crippen LogP contribution in [0, 0.1) is 5.92 Å². The van der Waals surface area contributed by atoms with Gasteiger partial charge >= 0.3 is 0 Å². The monoisotopic (exact) mass is 290 g/mol. The number of ether oxygens (including phenoxy) is 1.